The second-order valence-electron chi connectivity index (χ2n) is 7.98. The Morgan fingerprint density at radius 1 is 1.30 bits per heavy atom. The molecular weight excluding hydrogens is 248 g/mol. The lowest BCUT2D eigenvalue weighted by Crippen LogP contribution is -2.80. The summed E-state index contributed by atoms with van der Waals surface area (Å²) in [5.41, 5.74) is 7.00. The quantitative estimate of drug-likeness (QED) is 0.860. The summed E-state index contributed by atoms with van der Waals surface area (Å²) in [6, 6.07) is 0. The largest absolute Gasteiger partial charge is 0.377 e. The number of hydrogen-bond acceptors (Lipinski definition) is 3. The zero-order valence-corrected chi connectivity index (χ0v) is 13.5. The van der Waals surface area contributed by atoms with E-state index in [1.54, 1.807) is 0 Å². The van der Waals surface area contributed by atoms with Crippen molar-refractivity contribution >= 4 is 0 Å². The minimum atomic E-state index is -0.0425. The molecule has 0 spiro atoms. The highest BCUT2D eigenvalue weighted by Gasteiger charge is 2.66. The smallest absolute Gasteiger partial charge is 0.0690 e. The normalized spacial score (nSPS) is 44.1. The summed E-state index contributed by atoms with van der Waals surface area (Å²) in [4.78, 5) is 2.63. The van der Waals surface area contributed by atoms with Crippen LogP contribution in [0.15, 0.2) is 0 Å². The number of nitrogens with two attached hydrogens (primary N) is 1. The number of fused-ring (bicyclic) bond motifs is 1. The van der Waals surface area contributed by atoms with Crippen molar-refractivity contribution in [2.24, 2.45) is 23.0 Å². The zero-order valence-electron chi connectivity index (χ0n) is 13.5. The third kappa shape index (κ3) is 2.13. The maximum atomic E-state index is 6.91. The lowest BCUT2D eigenvalue weighted by molar-refractivity contribution is -0.231. The molecule has 2 N–H and O–H groups in total. The summed E-state index contributed by atoms with van der Waals surface area (Å²) in [5, 5.41) is 0. The van der Waals surface area contributed by atoms with Crippen LogP contribution >= 0.6 is 0 Å². The van der Waals surface area contributed by atoms with E-state index >= 15 is 0 Å². The van der Waals surface area contributed by atoms with Gasteiger partial charge in [0.1, 0.15) is 0 Å². The SMILES string of the molecule is CCCC1CCN(CC2(N)C3CCCOC3C2(C)C)C1. The Morgan fingerprint density at radius 2 is 2.10 bits per heavy atom. The van der Waals surface area contributed by atoms with Gasteiger partial charge >= 0.3 is 0 Å². The average Bonchev–Trinajstić information content (AvgIpc) is 2.86. The number of rotatable bonds is 4. The summed E-state index contributed by atoms with van der Waals surface area (Å²) in [7, 11) is 0. The summed E-state index contributed by atoms with van der Waals surface area (Å²) >= 11 is 0. The van der Waals surface area contributed by atoms with Crippen LogP contribution in [0.4, 0.5) is 0 Å². The molecule has 0 aromatic heterocycles. The molecule has 4 atom stereocenters. The van der Waals surface area contributed by atoms with E-state index in [1.165, 1.54) is 45.2 Å². The van der Waals surface area contributed by atoms with Crippen LogP contribution in [0.25, 0.3) is 0 Å². The maximum absolute atomic E-state index is 6.91. The van der Waals surface area contributed by atoms with E-state index in [9.17, 15) is 0 Å². The van der Waals surface area contributed by atoms with Gasteiger partial charge in [0.05, 0.1) is 6.10 Å². The lowest BCUT2D eigenvalue weighted by atomic mass is 9.46. The first-order valence-corrected chi connectivity index (χ1v) is 8.62. The van der Waals surface area contributed by atoms with Gasteiger partial charge < -0.3 is 15.4 Å². The lowest BCUT2D eigenvalue weighted by Gasteiger charge is -2.67. The molecule has 3 nitrogen and oxygen atoms in total. The van der Waals surface area contributed by atoms with Crippen molar-refractivity contribution in [3.05, 3.63) is 0 Å². The van der Waals surface area contributed by atoms with E-state index in [4.69, 9.17) is 10.5 Å². The standard InChI is InChI=1S/C17H32N2O/c1-4-6-13-8-9-19(11-13)12-17(18)14-7-5-10-20-15(14)16(17,2)3/h13-15H,4-12,18H2,1-3H3. The van der Waals surface area contributed by atoms with E-state index in [2.05, 4.69) is 25.7 Å². The van der Waals surface area contributed by atoms with Crippen LogP contribution in [0.2, 0.25) is 0 Å². The minimum Gasteiger partial charge on any atom is -0.377 e. The van der Waals surface area contributed by atoms with Crippen molar-refractivity contribution in [3.8, 4) is 0 Å². The van der Waals surface area contributed by atoms with Gasteiger partial charge in [-0.05, 0) is 38.1 Å². The van der Waals surface area contributed by atoms with Gasteiger partial charge in [-0.3, -0.25) is 0 Å². The molecule has 0 bridgehead atoms. The molecule has 0 aromatic rings. The van der Waals surface area contributed by atoms with Crippen molar-refractivity contribution in [3.63, 3.8) is 0 Å². The second kappa shape index (κ2) is 5.26. The molecule has 1 aliphatic carbocycles. The van der Waals surface area contributed by atoms with Gasteiger partial charge in [0.2, 0.25) is 0 Å². The summed E-state index contributed by atoms with van der Waals surface area (Å²) in [5.74, 6) is 1.49. The molecule has 2 heterocycles. The Balaban J connectivity index is 1.64. The van der Waals surface area contributed by atoms with Crippen molar-refractivity contribution in [1.82, 2.24) is 4.90 Å². The van der Waals surface area contributed by atoms with E-state index in [0.29, 0.717) is 12.0 Å². The molecule has 3 rings (SSSR count). The van der Waals surface area contributed by atoms with Gasteiger partial charge in [-0.25, -0.2) is 0 Å². The van der Waals surface area contributed by atoms with Crippen molar-refractivity contribution in [2.75, 3.05) is 26.2 Å². The second-order valence-corrected chi connectivity index (χ2v) is 7.98. The van der Waals surface area contributed by atoms with Gasteiger partial charge in [-0.2, -0.15) is 0 Å². The van der Waals surface area contributed by atoms with Crippen LogP contribution in [-0.2, 0) is 4.74 Å². The van der Waals surface area contributed by atoms with Gasteiger partial charge in [0, 0.05) is 36.6 Å². The Bertz CT molecular complexity index is 357. The molecular formula is C17H32N2O. The van der Waals surface area contributed by atoms with Gasteiger partial charge in [0.25, 0.3) is 0 Å². The maximum Gasteiger partial charge on any atom is 0.0690 e. The molecule has 1 saturated carbocycles. The predicted molar refractivity (Wildman–Crippen MR) is 82.6 cm³/mol. The summed E-state index contributed by atoms with van der Waals surface area (Å²) < 4.78 is 6.01. The topological polar surface area (TPSA) is 38.5 Å². The summed E-state index contributed by atoms with van der Waals surface area (Å²) in [6.45, 7) is 11.5. The van der Waals surface area contributed by atoms with E-state index in [1.807, 2.05) is 0 Å². The highest BCUT2D eigenvalue weighted by atomic mass is 16.5. The molecule has 2 aliphatic heterocycles. The zero-order chi connectivity index (χ0) is 14.4. The van der Waals surface area contributed by atoms with Gasteiger partial charge in [-0.15, -0.1) is 0 Å². The van der Waals surface area contributed by atoms with Crippen LogP contribution < -0.4 is 5.73 Å². The Morgan fingerprint density at radius 3 is 2.85 bits per heavy atom. The van der Waals surface area contributed by atoms with E-state index in [-0.39, 0.29) is 11.0 Å². The molecule has 116 valence electrons. The van der Waals surface area contributed by atoms with Gasteiger partial charge in [0.15, 0.2) is 0 Å². The molecule has 0 amide bonds. The molecule has 3 fully saturated rings. The molecule has 3 heteroatoms. The van der Waals surface area contributed by atoms with Crippen molar-refractivity contribution in [1.29, 1.82) is 0 Å². The Kier molecular flexibility index (Phi) is 3.89. The molecule has 0 aromatic carbocycles. The highest BCUT2D eigenvalue weighted by Crippen LogP contribution is 2.57. The van der Waals surface area contributed by atoms with Crippen molar-refractivity contribution < 1.29 is 4.74 Å². The number of ether oxygens (including phenoxy) is 1. The highest BCUT2D eigenvalue weighted by molar-refractivity contribution is 5.21. The van der Waals surface area contributed by atoms with Gasteiger partial charge in [-0.1, -0.05) is 27.2 Å². The van der Waals surface area contributed by atoms with E-state index in [0.717, 1.165) is 19.1 Å². The number of likely N-dealkylation sites (tertiary alicyclic amines) is 1. The number of nitrogens with zero attached hydrogens (tertiary/aromatic N) is 1. The molecule has 0 radical (unpaired) electrons. The monoisotopic (exact) mass is 280 g/mol. The fraction of sp³-hybridized carbons (Fsp3) is 1.00. The third-order valence-corrected chi connectivity index (χ3v) is 6.45. The molecule has 20 heavy (non-hydrogen) atoms. The van der Waals surface area contributed by atoms with Crippen LogP contribution in [0.3, 0.4) is 0 Å². The molecule has 4 unspecified atom stereocenters. The van der Waals surface area contributed by atoms with Crippen LogP contribution in [0.1, 0.15) is 52.9 Å². The minimum absolute atomic E-state index is 0.0425. The summed E-state index contributed by atoms with van der Waals surface area (Å²) in [6.07, 6.45) is 6.92. The first-order valence-electron chi connectivity index (χ1n) is 8.62. The van der Waals surface area contributed by atoms with Crippen LogP contribution in [-0.4, -0.2) is 42.8 Å². The number of hydrogen-bond donors (Lipinski definition) is 1. The third-order valence-electron chi connectivity index (χ3n) is 6.45. The average molecular weight is 280 g/mol. The first-order chi connectivity index (χ1) is 9.49. The fourth-order valence-corrected chi connectivity index (χ4v) is 5.06. The van der Waals surface area contributed by atoms with Crippen LogP contribution in [0.5, 0.6) is 0 Å². The fourth-order valence-electron chi connectivity index (χ4n) is 5.06. The molecule has 3 aliphatic rings. The molecule has 2 saturated heterocycles. The Hall–Kier alpha value is -0.120. The van der Waals surface area contributed by atoms with Crippen LogP contribution in [0, 0.1) is 17.3 Å². The van der Waals surface area contributed by atoms with E-state index < -0.39 is 0 Å². The van der Waals surface area contributed by atoms with Crippen molar-refractivity contribution in [2.45, 2.75) is 64.5 Å². The predicted octanol–water partition coefficient (Wildman–Crippen LogP) is 2.64. The Labute approximate surface area is 124 Å². The first kappa shape index (κ1) is 14.8.